The van der Waals surface area contributed by atoms with E-state index in [1.165, 1.54) is 0 Å². The molecule has 0 aliphatic heterocycles. The minimum absolute atomic E-state index is 0.307. The van der Waals surface area contributed by atoms with Crippen molar-refractivity contribution in [3.05, 3.63) is 0 Å². The molecule has 86 valence electrons. The highest BCUT2D eigenvalue weighted by Crippen LogP contribution is 2.00. The fraction of sp³-hybridized carbons (Fsp3) is 1.00. The topological polar surface area (TPSA) is 44.5 Å². The standard InChI is InChI=1S/C11H25NO2/c1-10(2)9-13-7-8-14-11(3)5-4-6-12/h10-11H,4-9,12H2,1-3H3. The first-order valence-corrected chi connectivity index (χ1v) is 5.56. The molecule has 0 bridgehead atoms. The zero-order valence-corrected chi connectivity index (χ0v) is 9.79. The number of nitrogens with two attached hydrogens (primary N) is 1. The zero-order chi connectivity index (χ0) is 10.8. The Bertz CT molecular complexity index is 118. The molecule has 0 saturated carbocycles. The largest absolute Gasteiger partial charge is 0.379 e. The van der Waals surface area contributed by atoms with Crippen LogP contribution in [0.15, 0.2) is 0 Å². The van der Waals surface area contributed by atoms with E-state index in [1.807, 2.05) is 0 Å². The van der Waals surface area contributed by atoms with Crippen LogP contribution in [0.5, 0.6) is 0 Å². The number of ether oxygens (including phenoxy) is 2. The predicted octanol–water partition coefficient (Wildman–Crippen LogP) is 1.80. The van der Waals surface area contributed by atoms with Gasteiger partial charge in [-0.05, 0) is 32.2 Å². The van der Waals surface area contributed by atoms with E-state index in [0.717, 1.165) is 26.0 Å². The van der Waals surface area contributed by atoms with E-state index in [1.54, 1.807) is 0 Å². The van der Waals surface area contributed by atoms with Crippen molar-refractivity contribution >= 4 is 0 Å². The average Bonchev–Trinajstić information content (AvgIpc) is 2.13. The summed E-state index contributed by atoms with van der Waals surface area (Å²) in [5.41, 5.74) is 5.41. The molecular weight excluding hydrogens is 178 g/mol. The maximum absolute atomic E-state index is 5.55. The Morgan fingerprint density at radius 2 is 1.86 bits per heavy atom. The summed E-state index contributed by atoms with van der Waals surface area (Å²) in [6, 6.07) is 0. The molecular formula is C11H25NO2. The Balaban J connectivity index is 3.10. The summed E-state index contributed by atoms with van der Waals surface area (Å²) in [4.78, 5) is 0. The maximum Gasteiger partial charge on any atom is 0.0704 e. The first-order chi connectivity index (χ1) is 6.66. The van der Waals surface area contributed by atoms with Crippen molar-refractivity contribution in [1.82, 2.24) is 0 Å². The quantitative estimate of drug-likeness (QED) is 0.581. The molecule has 1 atom stereocenters. The SMILES string of the molecule is CC(C)COCCOC(C)CCCN. The van der Waals surface area contributed by atoms with Crippen molar-refractivity contribution < 1.29 is 9.47 Å². The van der Waals surface area contributed by atoms with Gasteiger partial charge in [0, 0.05) is 6.61 Å². The van der Waals surface area contributed by atoms with Crippen LogP contribution in [-0.4, -0.2) is 32.5 Å². The lowest BCUT2D eigenvalue weighted by atomic mass is 10.2. The molecule has 14 heavy (non-hydrogen) atoms. The van der Waals surface area contributed by atoms with Gasteiger partial charge in [-0.2, -0.15) is 0 Å². The molecule has 0 fully saturated rings. The molecule has 0 aromatic rings. The lowest BCUT2D eigenvalue weighted by Crippen LogP contribution is -2.15. The summed E-state index contributed by atoms with van der Waals surface area (Å²) < 4.78 is 10.9. The number of hydrogen-bond donors (Lipinski definition) is 1. The summed E-state index contributed by atoms with van der Waals surface area (Å²) in [7, 11) is 0. The van der Waals surface area contributed by atoms with Gasteiger partial charge in [-0.25, -0.2) is 0 Å². The van der Waals surface area contributed by atoms with Crippen LogP contribution < -0.4 is 5.73 Å². The lowest BCUT2D eigenvalue weighted by Gasteiger charge is -2.13. The van der Waals surface area contributed by atoms with E-state index in [0.29, 0.717) is 25.2 Å². The molecule has 0 saturated heterocycles. The average molecular weight is 203 g/mol. The second-order valence-corrected chi connectivity index (χ2v) is 4.08. The zero-order valence-electron chi connectivity index (χ0n) is 9.79. The van der Waals surface area contributed by atoms with Crippen molar-refractivity contribution in [3.8, 4) is 0 Å². The normalized spacial score (nSPS) is 13.5. The summed E-state index contributed by atoms with van der Waals surface area (Å²) in [6.45, 7) is 9.33. The smallest absolute Gasteiger partial charge is 0.0704 e. The second-order valence-electron chi connectivity index (χ2n) is 4.08. The monoisotopic (exact) mass is 203 g/mol. The maximum atomic E-state index is 5.55. The summed E-state index contributed by atoms with van der Waals surface area (Å²) in [6.07, 6.45) is 2.38. The van der Waals surface area contributed by atoms with Crippen LogP contribution in [0.4, 0.5) is 0 Å². The first kappa shape index (κ1) is 13.9. The third-order valence-electron chi connectivity index (χ3n) is 1.90. The van der Waals surface area contributed by atoms with Crippen molar-refractivity contribution in [1.29, 1.82) is 0 Å². The molecule has 0 aliphatic carbocycles. The van der Waals surface area contributed by atoms with E-state index in [4.69, 9.17) is 15.2 Å². The molecule has 2 N–H and O–H groups in total. The fourth-order valence-electron chi connectivity index (χ4n) is 1.12. The molecule has 0 aromatic heterocycles. The molecule has 0 heterocycles. The van der Waals surface area contributed by atoms with Gasteiger partial charge in [0.1, 0.15) is 0 Å². The molecule has 0 aromatic carbocycles. The van der Waals surface area contributed by atoms with E-state index < -0.39 is 0 Å². The highest BCUT2D eigenvalue weighted by molar-refractivity contribution is 4.51. The second kappa shape index (κ2) is 9.44. The highest BCUT2D eigenvalue weighted by atomic mass is 16.5. The van der Waals surface area contributed by atoms with Gasteiger partial charge in [0.2, 0.25) is 0 Å². The van der Waals surface area contributed by atoms with E-state index in [9.17, 15) is 0 Å². The van der Waals surface area contributed by atoms with Crippen LogP contribution >= 0.6 is 0 Å². The van der Waals surface area contributed by atoms with Crippen LogP contribution in [0.3, 0.4) is 0 Å². The molecule has 0 radical (unpaired) electrons. The molecule has 3 heteroatoms. The van der Waals surface area contributed by atoms with Gasteiger partial charge < -0.3 is 15.2 Å². The first-order valence-electron chi connectivity index (χ1n) is 5.56. The molecule has 1 unspecified atom stereocenters. The summed E-state index contributed by atoms with van der Waals surface area (Å²) in [5.74, 6) is 0.602. The van der Waals surface area contributed by atoms with E-state index in [2.05, 4.69) is 20.8 Å². The number of rotatable bonds is 9. The lowest BCUT2D eigenvalue weighted by molar-refractivity contribution is 0.00306. The van der Waals surface area contributed by atoms with Crippen molar-refractivity contribution in [3.63, 3.8) is 0 Å². The molecule has 3 nitrogen and oxygen atoms in total. The Morgan fingerprint density at radius 1 is 1.14 bits per heavy atom. The third-order valence-corrected chi connectivity index (χ3v) is 1.90. The van der Waals surface area contributed by atoms with Gasteiger partial charge >= 0.3 is 0 Å². The van der Waals surface area contributed by atoms with Crippen LogP contribution in [0, 0.1) is 5.92 Å². The summed E-state index contributed by atoms with van der Waals surface area (Å²) >= 11 is 0. The van der Waals surface area contributed by atoms with Gasteiger partial charge in [0.25, 0.3) is 0 Å². The van der Waals surface area contributed by atoms with Gasteiger partial charge in [-0.3, -0.25) is 0 Å². The molecule has 0 aliphatic rings. The molecule has 0 spiro atoms. The Morgan fingerprint density at radius 3 is 2.43 bits per heavy atom. The van der Waals surface area contributed by atoms with Crippen LogP contribution in [0.25, 0.3) is 0 Å². The van der Waals surface area contributed by atoms with Crippen molar-refractivity contribution in [2.45, 2.75) is 39.7 Å². The van der Waals surface area contributed by atoms with Crippen LogP contribution in [-0.2, 0) is 9.47 Å². The fourth-order valence-corrected chi connectivity index (χ4v) is 1.12. The minimum Gasteiger partial charge on any atom is -0.379 e. The number of hydrogen-bond acceptors (Lipinski definition) is 3. The van der Waals surface area contributed by atoms with Gasteiger partial charge in [0.15, 0.2) is 0 Å². The van der Waals surface area contributed by atoms with Crippen LogP contribution in [0.2, 0.25) is 0 Å². The highest BCUT2D eigenvalue weighted by Gasteiger charge is 2.01. The van der Waals surface area contributed by atoms with Crippen molar-refractivity contribution in [2.24, 2.45) is 11.7 Å². The minimum atomic E-state index is 0.307. The van der Waals surface area contributed by atoms with E-state index >= 15 is 0 Å². The van der Waals surface area contributed by atoms with Gasteiger partial charge in [-0.15, -0.1) is 0 Å². The molecule has 0 amide bonds. The third kappa shape index (κ3) is 9.96. The van der Waals surface area contributed by atoms with Crippen molar-refractivity contribution in [2.75, 3.05) is 26.4 Å². The Hall–Kier alpha value is -0.120. The van der Waals surface area contributed by atoms with Gasteiger partial charge in [0.05, 0.1) is 19.3 Å². The van der Waals surface area contributed by atoms with Crippen LogP contribution in [0.1, 0.15) is 33.6 Å². The van der Waals surface area contributed by atoms with E-state index in [-0.39, 0.29) is 0 Å². The Labute approximate surface area is 88.0 Å². The van der Waals surface area contributed by atoms with Gasteiger partial charge in [-0.1, -0.05) is 13.8 Å². The Kier molecular flexibility index (Phi) is 9.35. The molecule has 0 rings (SSSR count). The predicted molar refractivity (Wildman–Crippen MR) is 59.4 cm³/mol. The summed E-state index contributed by atoms with van der Waals surface area (Å²) in [5, 5.41) is 0.